The summed E-state index contributed by atoms with van der Waals surface area (Å²) in [5.74, 6) is 0.295. The molecule has 4 rings (SSSR count). The number of likely N-dealkylation sites (tertiary alicyclic amines) is 2. The van der Waals surface area contributed by atoms with Gasteiger partial charge in [-0.05, 0) is 44.9 Å². The number of piperidine rings is 1. The van der Waals surface area contributed by atoms with Crippen molar-refractivity contribution in [2.24, 2.45) is 5.41 Å². The van der Waals surface area contributed by atoms with Gasteiger partial charge in [0.05, 0.1) is 5.41 Å². The van der Waals surface area contributed by atoms with Gasteiger partial charge in [0, 0.05) is 44.9 Å². The molecular formula is C20H33N3O3. The fourth-order valence-corrected chi connectivity index (χ4v) is 5.38. The molecule has 146 valence electrons. The Morgan fingerprint density at radius 1 is 1.00 bits per heavy atom. The van der Waals surface area contributed by atoms with Crippen molar-refractivity contribution in [1.29, 1.82) is 0 Å². The molecule has 1 atom stereocenters. The zero-order chi connectivity index (χ0) is 18.0. The van der Waals surface area contributed by atoms with Crippen molar-refractivity contribution in [2.75, 3.05) is 32.8 Å². The lowest BCUT2D eigenvalue weighted by atomic mass is 9.77. The molecule has 0 radical (unpaired) electrons. The molecule has 3 heterocycles. The molecule has 1 N–H and O–H groups in total. The summed E-state index contributed by atoms with van der Waals surface area (Å²) in [7, 11) is 0. The first-order valence-electron chi connectivity index (χ1n) is 10.6. The number of carbonyl (C=O) groups excluding carboxylic acids is 2. The molecule has 0 aromatic rings. The van der Waals surface area contributed by atoms with Gasteiger partial charge in [-0.15, -0.1) is 0 Å². The molecule has 1 spiro atoms. The van der Waals surface area contributed by atoms with Crippen LogP contribution in [0.3, 0.4) is 0 Å². The summed E-state index contributed by atoms with van der Waals surface area (Å²) in [5, 5.41) is 3.22. The molecule has 3 aliphatic heterocycles. The maximum absolute atomic E-state index is 13.3. The second kappa shape index (κ2) is 7.75. The molecule has 6 nitrogen and oxygen atoms in total. The molecule has 1 unspecified atom stereocenters. The van der Waals surface area contributed by atoms with Crippen LogP contribution in [0.2, 0.25) is 0 Å². The van der Waals surface area contributed by atoms with Crippen molar-refractivity contribution in [2.45, 2.75) is 76.3 Å². The van der Waals surface area contributed by atoms with Crippen LogP contribution in [0.15, 0.2) is 0 Å². The number of nitrogens with one attached hydrogen (secondary N) is 1. The Balaban J connectivity index is 1.37. The number of hydrogen-bond acceptors (Lipinski definition) is 3. The minimum absolute atomic E-state index is 0.0461. The van der Waals surface area contributed by atoms with Gasteiger partial charge >= 0.3 is 6.03 Å². The largest absolute Gasteiger partial charge is 0.381 e. The average Bonchev–Trinajstić information content (AvgIpc) is 3.11. The zero-order valence-corrected chi connectivity index (χ0v) is 15.9. The summed E-state index contributed by atoms with van der Waals surface area (Å²) in [6, 6.07) is 0.705. The topological polar surface area (TPSA) is 61.9 Å². The van der Waals surface area contributed by atoms with E-state index in [-0.39, 0.29) is 11.4 Å². The second-order valence-electron chi connectivity index (χ2n) is 8.68. The van der Waals surface area contributed by atoms with Crippen molar-refractivity contribution < 1.29 is 14.3 Å². The fourth-order valence-electron chi connectivity index (χ4n) is 5.38. The van der Waals surface area contributed by atoms with E-state index in [4.69, 9.17) is 4.74 Å². The molecule has 0 aromatic carbocycles. The Kier molecular flexibility index (Phi) is 5.39. The molecule has 6 heteroatoms. The normalized spacial score (nSPS) is 31.6. The zero-order valence-electron chi connectivity index (χ0n) is 15.9. The van der Waals surface area contributed by atoms with E-state index in [1.54, 1.807) is 0 Å². The predicted molar refractivity (Wildman–Crippen MR) is 98.8 cm³/mol. The van der Waals surface area contributed by atoms with Crippen molar-refractivity contribution >= 4 is 11.9 Å². The molecule has 26 heavy (non-hydrogen) atoms. The van der Waals surface area contributed by atoms with Crippen LogP contribution in [0.1, 0.15) is 64.2 Å². The van der Waals surface area contributed by atoms with Gasteiger partial charge in [-0.1, -0.05) is 19.3 Å². The third-order valence-corrected chi connectivity index (χ3v) is 6.97. The monoisotopic (exact) mass is 363 g/mol. The van der Waals surface area contributed by atoms with Gasteiger partial charge < -0.3 is 19.9 Å². The van der Waals surface area contributed by atoms with E-state index < -0.39 is 0 Å². The molecular weight excluding hydrogens is 330 g/mol. The highest BCUT2D eigenvalue weighted by molar-refractivity contribution is 5.86. The van der Waals surface area contributed by atoms with Gasteiger partial charge in [0.1, 0.15) is 0 Å². The molecule has 3 saturated heterocycles. The van der Waals surface area contributed by atoms with Crippen LogP contribution >= 0.6 is 0 Å². The number of carbonyl (C=O) groups is 2. The maximum Gasteiger partial charge on any atom is 0.317 e. The van der Waals surface area contributed by atoms with Gasteiger partial charge in [0.25, 0.3) is 0 Å². The summed E-state index contributed by atoms with van der Waals surface area (Å²) < 4.78 is 5.46. The molecule has 1 aliphatic carbocycles. The number of urea groups is 1. The summed E-state index contributed by atoms with van der Waals surface area (Å²) in [6.07, 6.45) is 10.6. The van der Waals surface area contributed by atoms with Crippen LogP contribution in [-0.4, -0.2) is 66.7 Å². The molecule has 0 bridgehead atoms. The van der Waals surface area contributed by atoms with E-state index in [1.165, 1.54) is 19.3 Å². The lowest BCUT2D eigenvalue weighted by Crippen LogP contribution is -2.55. The van der Waals surface area contributed by atoms with Crippen LogP contribution in [0.5, 0.6) is 0 Å². The minimum Gasteiger partial charge on any atom is -0.381 e. The first-order chi connectivity index (χ1) is 12.7. The van der Waals surface area contributed by atoms with Crippen molar-refractivity contribution in [3.05, 3.63) is 0 Å². The number of hydrogen-bond donors (Lipinski definition) is 1. The van der Waals surface area contributed by atoms with Crippen LogP contribution < -0.4 is 5.32 Å². The Morgan fingerprint density at radius 3 is 2.54 bits per heavy atom. The third kappa shape index (κ3) is 3.57. The van der Waals surface area contributed by atoms with Crippen molar-refractivity contribution in [3.8, 4) is 0 Å². The molecule has 4 aliphatic rings. The van der Waals surface area contributed by atoms with Crippen LogP contribution in [0, 0.1) is 5.41 Å². The summed E-state index contributed by atoms with van der Waals surface area (Å²) >= 11 is 0. The van der Waals surface area contributed by atoms with Gasteiger partial charge in [0.2, 0.25) is 5.91 Å². The van der Waals surface area contributed by atoms with E-state index in [9.17, 15) is 9.59 Å². The number of ether oxygens (including phenoxy) is 1. The van der Waals surface area contributed by atoms with E-state index in [0.717, 1.165) is 64.7 Å². The highest BCUT2D eigenvalue weighted by atomic mass is 16.5. The van der Waals surface area contributed by atoms with Crippen molar-refractivity contribution in [1.82, 2.24) is 15.1 Å². The Bertz CT molecular complexity index is 528. The van der Waals surface area contributed by atoms with Gasteiger partial charge in [-0.25, -0.2) is 4.79 Å². The Labute approximate surface area is 156 Å². The van der Waals surface area contributed by atoms with Gasteiger partial charge in [-0.2, -0.15) is 0 Å². The highest BCUT2D eigenvalue weighted by Gasteiger charge is 2.50. The Hall–Kier alpha value is -1.30. The van der Waals surface area contributed by atoms with Gasteiger partial charge in [0.15, 0.2) is 0 Å². The number of amides is 3. The lowest BCUT2D eigenvalue weighted by molar-refractivity contribution is -0.150. The third-order valence-electron chi connectivity index (χ3n) is 6.97. The standard InChI is InChI=1S/C20H33N3O3/c24-18-20(9-4-11-23(18)17-7-13-26-14-8-17)10-12-22(15-20)19(25)21-16-5-2-1-3-6-16/h16-17H,1-15H2,(H,21,25). The predicted octanol–water partition coefficient (Wildman–Crippen LogP) is 2.52. The van der Waals surface area contributed by atoms with Crippen LogP contribution in [0.4, 0.5) is 4.79 Å². The van der Waals surface area contributed by atoms with E-state index in [2.05, 4.69) is 10.2 Å². The molecule has 0 aromatic heterocycles. The molecule has 3 amide bonds. The van der Waals surface area contributed by atoms with E-state index in [0.29, 0.717) is 31.1 Å². The van der Waals surface area contributed by atoms with E-state index >= 15 is 0 Å². The fraction of sp³-hybridized carbons (Fsp3) is 0.900. The summed E-state index contributed by atoms with van der Waals surface area (Å²) in [5.41, 5.74) is -0.333. The SMILES string of the molecule is O=C(NC1CCCCC1)N1CCC2(CCCN(C3CCOCC3)C2=O)C1. The van der Waals surface area contributed by atoms with E-state index in [1.807, 2.05) is 4.90 Å². The minimum atomic E-state index is -0.333. The number of rotatable bonds is 2. The van der Waals surface area contributed by atoms with Crippen LogP contribution in [-0.2, 0) is 9.53 Å². The highest BCUT2D eigenvalue weighted by Crippen LogP contribution is 2.41. The average molecular weight is 364 g/mol. The van der Waals surface area contributed by atoms with Gasteiger partial charge in [-0.3, -0.25) is 4.79 Å². The maximum atomic E-state index is 13.3. The number of nitrogens with zero attached hydrogens (tertiary/aromatic N) is 2. The summed E-state index contributed by atoms with van der Waals surface area (Å²) in [6.45, 7) is 3.71. The first kappa shape index (κ1) is 18.1. The van der Waals surface area contributed by atoms with Crippen molar-refractivity contribution in [3.63, 3.8) is 0 Å². The lowest BCUT2D eigenvalue weighted by Gasteiger charge is -2.44. The molecule has 4 fully saturated rings. The first-order valence-corrected chi connectivity index (χ1v) is 10.6. The molecule has 1 saturated carbocycles. The summed E-state index contributed by atoms with van der Waals surface area (Å²) in [4.78, 5) is 30.1. The Morgan fingerprint density at radius 2 is 1.77 bits per heavy atom. The van der Waals surface area contributed by atoms with Crippen LogP contribution in [0.25, 0.3) is 0 Å². The smallest absolute Gasteiger partial charge is 0.317 e. The second-order valence-corrected chi connectivity index (χ2v) is 8.68. The quantitative estimate of drug-likeness (QED) is 0.820.